The Morgan fingerprint density at radius 2 is 1.77 bits per heavy atom. The summed E-state index contributed by atoms with van der Waals surface area (Å²) in [7, 11) is 1.79. The first-order chi connectivity index (χ1) is 21.3. The summed E-state index contributed by atoms with van der Waals surface area (Å²) in [5.41, 5.74) is 0.970. The maximum absolute atomic E-state index is 13.8. The molecule has 8 nitrogen and oxygen atoms in total. The maximum atomic E-state index is 13.8. The third kappa shape index (κ3) is 6.64. The fraction of sp³-hybridized carbons (Fsp3) is 0.353. The molecule has 230 valence electrons. The number of nitriles is 1. The Morgan fingerprint density at radius 3 is 2.43 bits per heavy atom. The number of halogens is 2. The van der Waals surface area contributed by atoms with Gasteiger partial charge in [0.15, 0.2) is 0 Å². The third-order valence-electron chi connectivity index (χ3n) is 8.75. The minimum atomic E-state index is -0.964. The lowest BCUT2D eigenvalue weighted by molar-refractivity contribution is -0.0534. The van der Waals surface area contributed by atoms with Crippen LogP contribution in [0.3, 0.4) is 0 Å². The van der Waals surface area contributed by atoms with Crippen molar-refractivity contribution in [3.05, 3.63) is 105 Å². The number of aliphatic hydroxyl groups excluding tert-OH is 2. The molecule has 1 saturated heterocycles. The molecule has 2 N–H and O–H groups in total. The molecule has 0 saturated carbocycles. The smallest absolute Gasteiger partial charge is 0.254 e. The zero-order valence-corrected chi connectivity index (χ0v) is 26.1. The third-order valence-corrected chi connectivity index (χ3v) is 9.49. The van der Waals surface area contributed by atoms with E-state index in [9.17, 15) is 20.3 Å². The summed E-state index contributed by atoms with van der Waals surface area (Å²) in [5.74, 6) is 0.370. The van der Waals surface area contributed by atoms with Crippen molar-refractivity contribution in [3.63, 3.8) is 0 Å². The van der Waals surface area contributed by atoms with Gasteiger partial charge in [0.1, 0.15) is 11.3 Å². The highest BCUT2D eigenvalue weighted by molar-refractivity contribution is 6.42. The lowest BCUT2D eigenvalue weighted by Crippen LogP contribution is -2.58. The van der Waals surface area contributed by atoms with Gasteiger partial charge < -0.3 is 24.4 Å². The Labute approximate surface area is 267 Å². The number of hydrogen-bond donors (Lipinski definition) is 2. The highest BCUT2D eigenvalue weighted by atomic mass is 35.5. The van der Waals surface area contributed by atoms with Crippen molar-refractivity contribution in [2.45, 2.75) is 17.9 Å². The molecule has 0 bridgehead atoms. The zero-order valence-electron chi connectivity index (χ0n) is 24.6. The average molecular weight is 636 g/mol. The number of carbonyl (C=O) groups is 1. The van der Waals surface area contributed by atoms with E-state index in [0.29, 0.717) is 46.6 Å². The van der Waals surface area contributed by atoms with Crippen molar-refractivity contribution < 1.29 is 19.4 Å². The van der Waals surface area contributed by atoms with Crippen molar-refractivity contribution in [3.8, 4) is 6.07 Å². The fourth-order valence-corrected chi connectivity index (χ4v) is 6.45. The molecule has 2 heterocycles. The minimum absolute atomic E-state index is 0.0285. The maximum Gasteiger partial charge on any atom is 0.254 e. The van der Waals surface area contributed by atoms with E-state index in [1.54, 1.807) is 48.5 Å². The molecule has 1 amide bonds. The highest BCUT2D eigenvalue weighted by Gasteiger charge is 2.41. The monoisotopic (exact) mass is 634 g/mol. The van der Waals surface area contributed by atoms with Crippen LogP contribution in [0.1, 0.15) is 39.6 Å². The van der Waals surface area contributed by atoms with Crippen LogP contribution < -0.4 is 0 Å². The molecule has 5 rings (SSSR count). The summed E-state index contributed by atoms with van der Waals surface area (Å²) in [4.78, 5) is 20.0. The molecule has 10 heteroatoms. The Balaban J connectivity index is 1.31. The molecule has 1 atom stereocenters. The van der Waals surface area contributed by atoms with Crippen LogP contribution in [0.15, 0.2) is 77.4 Å². The molecule has 1 aromatic heterocycles. The first-order valence-corrected chi connectivity index (χ1v) is 15.4. The van der Waals surface area contributed by atoms with Gasteiger partial charge in [-0.15, -0.1) is 0 Å². The molecule has 3 aromatic carbocycles. The van der Waals surface area contributed by atoms with Crippen LogP contribution in [0.25, 0.3) is 10.8 Å². The van der Waals surface area contributed by atoms with Crippen LogP contribution in [0.4, 0.5) is 0 Å². The summed E-state index contributed by atoms with van der Waals surface area (Å²) in [6.45, 7) is 3.53. The molecule has 4 aromatic rings. The normalized spacial score (nSPS) is 15.3. The van der Waals surface area contributed by atoms with Crippen molar-refractivity contribution in [1.29, 1.82) is 5.26 Å². The summed E-state index contributed by atoms with van der Waals surface area (Å²) < 4.78 is 5.59. The number of likely N-dealkylation sites (N-methyl/N-ethyl adjacent to an activating group) is 1. The number of amides is 1. The quantitative estimate of drug-likeness (QED) is 0.229. The Bertz CT molecular complexity index is 1630. The van der Waals surface area contributed by atoms with Gasteiger partial charge in [-0.2, -0.15) is 5.26 Å². The molecule has 0 unspecified atom stereocenters. The van der Waals surface area contributed by atoms with E-state index in [1.807, 2.05) is 36.4 Å². The van der Waals surface area contributed by atoms with E-state index in [0.717, 1.165) is 42.4 Å². The van der Waals surface area contributed by atoms with Gasteiger partial charge in [0, 0.05) is 51.3 Å². The summed E-state index contributed by atoms with van der Waals surface area (Å²) >= 11 is 12.7. The van der Waals surface area contributed by atoms with Gasteiger partial charge in [0.2, 0.25) is 0 Å². The van der Waals surface area contributed by atoms with Gasteiger partial charge in [0.25, 0.3) is 5.91 Å². The van der Waals surface area contributed by atoms with Gasteiger partial charge in [0.05, 0.1) is 41.2 Å². The van der Waals surface area contributed by atoms with Gasteiger partial charge in [-0.3, -0.25) is 9.69 Å². The molecule has 44 heavy (non-hydrogen) atoms. The van der Waals surface area contributed by atoms with Crippen LogP contribution in [-0.4, -0.2) is 90.3 Å². The number of aliphatic hydroxyl groups is 2. The second kappa shape index (κ2) is 14.1. The predicted octanol–water partition coefficient (Wildman–Crippen LogP) is 5.35. The van der Waals surface area contributed by atoms with E-state index < -0.39 is 5.54 Å². The second-order valence-electron chi connectivity index (χ2n) is 11.4. The van der Waals surface area contributed by atoms with Crippen LogP contribution in [0.5, 0.6) is 0 Å². The Morgan fingerprint density at radius 1 is 1.02 bits per heavy atom. The Hall–Kier alpha value is -3.42. The number of nitrogens with zero attached hydrogens (tertiary/aromatic N) is 4. The van der Waals surface area contributed by atoms with Crippen LogP contribution >= 0.6 is 23.2 Å². The van der Waals surface area contributed by atoms with E-state index in [2.05, 4.69) is 15.9 Å². The van der Waals surface area contributed by atoms with Gasteiger partial charge in [-0.1, -0.05) is 53.5 Å². The summed E-state index contributed by atoms with van der Waals surface area (Å²) in [5, 5.41) is 32.7. The number of furan rings is 1. The molecule has 1 fully saturated rings. The number of hydrogen-bond acceptors (Lipinski definition) is 7. The van der Waals surface area contributed by atoms with Gasteiger partial charge in [-0.25, -0.2) is 0 Å². The molecule has 1 aliphatic rings. The zero-order chi connectivity index (χ0) is 31.3. The van der Waals surface area contributed by atoms with Gasteiger partial charge in [-0.05, 0) is 65.7 Å². The molecular weight excluding hydrogens is 599 g/mol. The SMILES string of the molecule is CN(C[C@@H](CCN1CCN(C(CO)(CO)c2ccco2)CC1)c1ccc(Cl)c(Cl)c1)C(=O)c1cc(C#N)cc2ccccc12. The van der Waals surface area contributed by atoms with Crippen molar-refractivity contribution >= 4 is 39.9 Å². The lowest BCUT2D eigenvalue weighted by atomic mass is 9.93. The Kier molecular flexibility index (Phi) is 10.3. The second-order valence-corrected chi connectivity index (χ2v) is 12.2. The molecule has 0 radical (unpaired) electrons. The van der Waals surface area contributed by atoms with E-state index in [1.165, 1.54) is 0 Å². The van der Waals surface area contributed by atoms with Crippen molar-refractivity contribution in [2.75, 3.05) is 59.5 Å². The van der Waals surface area contributed by atoms with Crippen LogP contribution in [0.2, 0.25) is 10.0 Å². The molecular formula is C34H36Cl2N4O4. The summed E-state index contributed by atoms with van der Waals surface area (Å²) in [6.07, 6.45) is 2.32. The first kappa shape index (κ1) is 32.0. The van der Waals surface area contributed by atoms with E-state index in [-0.39, 0.29) is 25.0 Å². The predicted molar refractivity (Wildman–Crippen MR) is 172 cm³/mol. The van der Waals surface area contributed by atoms with Gasteiger partial charge >= 0.3 is 0 Å². The first-order valence-electron chi connectivity index (χ1n) is 14.7. The van der Waals surface area contributed by atoms with E-state index >= 15 is 0 Å². The van der Waals surface area contributed by atoms with Crippen LogP contribution in [-0.2, 0) is 5.54 Å². The average Bonchev–Trinajstić information content (AvgIpc) is 3.60. The molecule has 0 spiro atoms. The molecule has 0 aliphatic carbocycles. The standard InChI is InChI=1S/C34H36Cl2N4O4/c1-38(33(43)29-18-24(20-37)17-26-5-2-3-6-28(26)29)21-27(25-8-9-30(35)31(36)19-25)10-11-39-12-14-40(15-13-39)34(22-41,23-42)32-7-4-16-44-32/h2-9,16-19,27,41-42H,10-15,21-23H2,1H3/t27-/m1/s1. The highest BCUT2D eigenvalue weighted by Crippen LogP contribution is 2.32. The minimum Gasteiger partial charge on any atom is -0.467 e. The largest absolute Gasteiger partial charge is 0.467 e. The van der Waals surface area contributed by atoms with E-state index in [4.69, 9.17) is 27.6 Å². The topological polar surface area (TPSA) is 104 Å². The fourth-order valence-electron chi connectivity index (χ4n) is 6.14. The number of rotatable bonds is 11. The van der Waals surface area contributed by atoms with Crippen molar-refractivity contribution in [2.24, 2.45) is 0 Å². The summed E-state index contributed by atoms with van der Waals surface area (Å²) in [6, 6.07) is 22.4. The number of piperazine rings is 1. The van der Waals surface area contributed by atoms with Crippen LogP contribution in [0, 0.1) is 11.3 Å². The lowest BCUT2D eigenvalue weighted by Gasteiger charge is -2.45. The molecule has 1 aliphatic heterocycles. The van der Waals surface area contributed by atoms with Crippen molar-refractivity contribution in [1.82, 2.24) is 14.7 Å². The number of carbonyl (C=O) groups excluding carboxylic acids is 1. The number of fused-ring (bicyclic) bond motifs is 1. The number of benzene rings is 3.